The zero-order chi connectivity index (χ0) is 15.4. The van der Waals surface area contributed by atoms with Crippen molar-refractivity contribution in [2.75, 3.05) is 34.3 Å². The van der Waals surface area contributed by atoms with Crippen LogP contribution in [0.1, 0.15) is 6.92 Å². The van der Waals surface area contributed by atoms with Gasteiger partial charge in [0.25, 0.3) is 0 Å². The number of aliphatic hydroxyl groups is 1. The first-order valence-electron chi connectivity index (χ1n) is 6.18. The van der Waals surface area contributed by atoms with Crippen LogP contribution in [0.2, 0.25) is 0 Å². The number of rotatable bonds is 7. The van der Waals surface area contributed by atoms with Gasteiger partial charge in [0.05, 0.1) is 12.7 Å². The third kappa shape index (κ3) is 4.75. The molecule has 0 aromatic heterocycles. The van der Waals surface area contributed by atoms with E-state index in [-0.39, 0.29) is 17.2 Å². The van der Waals surface area contributed by atoms with Gasteiger partial charge in [0, 0.05) is 13.1 Å². The smallest absolute Gasteiger partial charge is 0.244 e. The highest BCUT2D eigenvalue weighted by Gasteiger charge is 2.26. The second-order valence-corrected chi connectivity index (χ2v) is 6.95. The van der Waals surface area contributed by atoms with E-state index < -0.39 is 15.6 Å². The molecule has 0 aliphatic carbocycles. The summed E-state index contributed by atoms with van der Waals surface area (Å²) in [6.45, 7) is 1.85. The van der Waals surface area contributed by atoms with E-state index in [9.17, 15) is 13.5 Å². The molecule has 0 saturated heterocycles. The SMILES string of the molecule is COc1ccccc1S(=O)(=O)NCC(C)(O)CN(C)C. The van der Waals surface area contributed by atoms with Crippen molar-refractivity contribution in [2.45, 2.75) is 17.4 Å². The lowest BCUT2D eigenvalue weighted by molar-refractivity contribution is 0.0386. The number of hydrogen-bond donors (Lipinski definition) is 2. The number of nitrogens with zero attached hydrogens (tertiary/aromatic N) is 1. The maximum absolute atomic E-state index is 12.2. The fourth-order valence-corrected chi connectivity index (χ4v) is 3.24. The second kappa shape index (κ2) is 6.53. The summed E-state index contributed by atoms with van der Waals surface area (Å²) in [7, 11) is 1.31. The van der Waals surface area contributed by atoms with E-state index in [2.05, 4.69) is 4.72 Å². The van der Waals surface area contributed by atoms with Crippen molar-refractivity contribution < 1.29 is 18.3 Å². The lowest BCUT2D eigenvalue weighted by atomic mass is 10.1. The molecule has 0 bridgehead atoms. The molecule has 1 atom stereocenters. The molecule has 1 rings (SSSR count). The van der Waals surface area contributed by atoms with Gasteiger partial charge in [-0.2, -0.15) is 0 Å². The Hall–Kier alpha value is -1.15. The standard InChI is InChI=1S/C13H22N2O4S/c1-13(16,10-15(2)3)9-14-20(17,18)12-8-6-5-7-11(12)19-4/h5-8,14,16H,9-10H2,1-4H3. The summed E-state index contributed by atoms with van der Waals surface area (Å²) in [5, 5.41) is 10.1. The number of hydrogen-bond acceptors (Lipinski definition) is 5. The van der Waals surface area contributed by atoms with Crippen LogP contribution in [0.5, 0.6) is 5.75 Å². The molecular weight excluding hydrogens is 280 g/mol. The highest BCUT2D eigenvalue weighted by atomic mass is 32.2. The number of ether oxygens (including phenoxy) is 1. The second-order valence-electron chi connectivity index (χ2n) is 5.21. The van der Waals surface area contributed by atoms with Crippen molar-refractivity contribution in [1.29, 1.82) is 0 Å². The Morgan fingerprint density at radius 1 is 1.35 bits per heavy atom. The predicted octanol–water partition coefficient (Wildman–Crippen LogP) is 0.286. The summed E-state index contributed by atoms with van der Waals surface area (Å²) in [5.74, 6) is 0.271. The fraction of sp³-hybridized carbons (Fsp3) is 0.538. The number of para-hydroxylation sites is 1. The summed E-state index contributed by atoms with van der Waals surface area (Å²) in [4.78, 5) is 1.85. The van der Waals surface area contributed by atoms with Crippen molar-refractivity contribution in [2.24, 2.45) is 0 Å². The van der Waals surface area contributed by atoms with Crippen LogP contribution < -0.4 is 9.46 Å². The maximum Gasteiger partial charge on any atom is 0.244 e. The van der Waals surface area contributed by atoms with Crippen LogP contribution >= 0.6 is 0 Å². The van der Waals surface area contributed by atoms with Gasteiger partial charge in [0.2, 0.25) is 10.0 Å². The van der Waals surface area contributed by atoms with Gasteiger partial charge in [0.1, 0.15) is 10.6 Å². The number of nitrogens with one attached hydrogen (secondary N) is 1. The predicted molar refractivity (Wildman–Crippen MR) is 77.4 cm³/mol. The minimum Gasteiger partial charge on any atom is -0.495 e. The van der Waals surface area contributed by atoms with Gasteiger partial charge in [-0.15, -0.1) is 0 Å². The van der Waals surface area contributed by atoms with E-state index in [0.717, 1.165) is 0 Å². The third-order valence-electron chi connectivity index (χ3n) is 2.66. The van der Waals surface area contributed by atoms with Crippen LogP contribution in [0, 0.1) is 0 Å². The summed E-state index contributed by atoms with van der Waals surface area (Å²) in [6.07, 6.45) is 0. The molecular formula is C13H22N2O4S. The Morgan fingerprint density at radius 3 is 2.50 bits per heavy atom. The highest BCUT2D eigenvalue weighted by molar-refractivity contribution is 7.89. The number of likely N-dealkylation sites (N-methyl/N-ethyl adjacent to an activating group) is 1. The molecule has 0 aliphatic rings. The van der Waals surface area contributed by atoms with Gasteiger partial charge in [-0.3, -0.25) is 0 Å². The van der Waals surface area contributed by atoms with Crippen molar-refractivity contribution in [3.63, 3.8) is 0 Å². The summed E-state index contributed by atoms with van der Waals surface area (Å²) in [6, 6.07) is 6.35. The molecule has 0 saturated carbocycles. The van der Waals surface area contributed by atoms with Crippen LogP contribution in [-0.4, -0.2) is 58.3 Å². The minimum absolute atomic E-state index is 0.0585. The van der Waals surface area contributed by atoms with E-state index in [1.54, 1.807) is 30.0 Å². The average molecular weight is 302 g/mol. The third-order valence-corrected chi connectivity index (χ3v) is 4.10. The Morgan fingerprint density at radius 2 is 1.95 bits per heavy atom. The first-order valence-corrected chi connectivity index (χ1v) is 7.66. The molecule has 7 heteroatoms. The summed E-state index contributed by atoms with van der Waals surface area (Å²) < 4.78 is 31.9. The van der Waals surface area contributed by atoms with Gasteiger partial charge < -0.3 is 14.7 Å². The van der Waals surface area contributed by atoms with Gasteiger partial charge >= 0.3 is 0 Å². The molecule has 0 heterocycles. The lowest BCUT2D eigenvalue weighted by Gasteiger charge is -2.27. The van der Waals surface area contributed by atoms with Crippen molar-refractivity contribution in [1.82, 2.24) is 9.62 Å². The fourth-order valence-electron chi connectivity index (χ4n) is 1.91. The van der Waals surface area contributed by atoms with E-state index in [4.69, 9.17) is 4.74 Å². The lowest BCUT2D eigenvalue weighted by Crippen LogP contribution is -2.47. The topological polar surface area (TPSA) is 78.9 Å². The van der Waals surface area contributed by atoms with Crippen molar-refractivity contribution >= 4 is 10.0 Å². The molecule has 20 heavy (non-hydrogen) atoms. The molecule has 0 aliphatic heterocycles. The van der Waals surface area contributed by atoms with E-state index in [1.807, 2.05) is 14.1 Å². The van der Waals surface area contributed by atoms with Crippen LogP contribution in [0.3, 0.4) is 0 Å². The van der Waals surface area contributed by atoms with Crippen molar-refractivity contribution in [3.05, 3.63) is 24.3 Å². The molecule has 114 valence electrons. The molecule has 2 N–H and O–H groups in total. The summed E-state index contributed by atoms with van der Waals surface area (Å²) >= 11 is 0. The zero-order valence-corrected chi connectivity index (χ0v) is 13.1. The molecule has 0 amide bonds. The normalized spacial score (nSPS) is 15.1. The van der Waals surface area contributed by atoms with Crippen LogP contribution in [0.25, 0.3) is 0 Å². The maximum atomic E-state index is 12.2. The van der Waals surface area contributed by atoms with Crippen LogP contribution in [0.4, 0.5) is 0 Å². The van der Waals surface area contributed by atoms with Crippen molar-refractivity contribution in [3.8, 4) is 5.75 Å². The molecule has 1 aromatic rings. The minimum atomic E-state index is -3.73. The summed E-state index contributed by atoms with van der Waals surface area (Å²) in [5.41, 5.74) is -1.15. The molecule has 1 aromatic carbocycles. The average Bonchev–Trinajstić information content (AvgIpc) is 2.35. The number of benzene rings is 1. The highest BCUT2D eigenvalue weighted by Crippen LogP contribution is 2.22. The van der Waals surface area contributed by atoms with E-state index in [1.165, 1.54) is 13.2 Å². The molecule has 6 nitrogen and oxygen atoms in total. The van der Waals surface area contributed by atoms with Gasteiger partial charge in [-0.1, -0.05) is 12.1 Å². The molecule has 1 unspecified atom stereocenters. The Bertz CT molecular complexity index is 541. The zero-order valence-electron chi connectivity index (χ0n) is 12.3. The Balaban J connectivity index is 2.86. The molecule has 0 spiro atoms. The monoisotopic (exact) mass is 302 g/mol. The largest absolute Gasteiger partial charge is 0.495 e. The number of methoxy groups -OCH3 is 1. The Labute approximate surface area is 120 Å². The van der Waals surface area contributed by atoms with Crippen LogP contribution in [-0.2, 0) is 10.0 Å². The Kier molecular flexibility index (Phi) is 5.52. The van der Waals surface area contributed by atoms with Gasteiger partial charge in [-0.25, -0.2) is 13.1 Å². The quantitative estimate of drug-likeness (QED) is 0.757. The first kappa shape index (κ1) is 16.9. The molecule has 0 fully saturated rings. The molecule has 0 radical (unpaired) electrons. The number of sulfonamides is 1. The van der Waals surface area contributed by atoms with Gasteiger partial charge in [-0.05, 0) is 33.2 Å². The van der Waals surface area contributed by atoms with Crippen LogP contribution in [0.15, 0.2) is 29.2 Å². The van der Waals surface area contributed by atoms with E-state index >= 15 is 0 Å². The van der Waals surface area contributed by atoms with E-state index in [0.29, 0.717) is 6.54 Å². The van der Waals surface area contributed by atoms with Gasteiger partial charge in [0.15, 0.2) is 0 Å². The first-order chi connectivity index (χ1) is 9.18.